The third-order valence-corrected chi connectivity index (χ3v) is 4.77. The third-order valence-electron chi connectivity index (χ3n) is 4.77. The lowest BCUT2D eigenvalue weighted by atomic mass is 9.99. The van der Waals surface area contributed by atoms with Crippen LogP contribution >= 0.6 is 0 Å². The van der Waals surface area contributed by atoms with E-state index in [0.717, 1.165) is 24.0 Å². The Hall–Kier alpha value is -3.40. The first-order chi connectivity index (χ1) is 14.2. The first kappa shape index (κ1) is 20.3. The number of hydrogen-bond acceptors (Lipinski definition) is 2. The Morgan fingerprint density at radius 2 is 1.45 bits per heavy atom. The average molecular weight is 386 g/mol. The minimum absolute atomic E-state index is 0.0999. The van der Waals surface area contributed by atoms with Gasteiger partial charge in [-0.15, -0.1) is 0 Å². The number of carbonyl (C=O) groups excluding carboxylic acids is 2. The largest absolute Gasteiger partial charge is 0.352 e. The maximum absolute atomic E-state index is 12.8. The van der Waals surface area contributed by atoms with Gasteiger partial charge in [0, 0.05) is 24.2 Å². The van der Waals surface area contributed by atoms with Crippen molar-refractivity contribution in [1.29, 1.82) is 0 Å². The molecule has 0 radical (unpaired) electrons. The summed E-state index contributed by atoms with van der Waals surface area (Å²) < 4.78 is 0. The monoisotopic (exact) mass is 386 g/mol. The molecule has 0 fully saturated rings. The minimum atomic E-state index is -0.105. The number of amides is 2. The molecule has 0 atom stereocenters. The molecule has 0 bridgehead atoms. The van der Waals surface area contributed by atoms with Gasteiger partial charge in [-0.1, -0.05) is 60.7 Å². The van der Waals surface area contributed by atoms with Gasteiger partial charge in [-0.2, -0.15) is 0 Å². The fourth-order valence-corrected chi connectivity index (χ4v) is 3.25. The summed E-state index contributed by atoms with van der Waals surface area (Å²) >= 11 is 0. The number of rotatable bonds is 8. The van der Waals surface area contributed by atoms with Crippen molar-refractivity contribution in [2.24, 2.45) is 0 Å². The van der Waals surface area contributed by atoms with Crippen LogP contribution in [0.2, 0.25) is 0 Å². The zero-order valence-corrected chi connectivity index (χ0v) is 16.7. The lowest BCUT2D eigenvalue weighted by molar-refractivity contribution is 0.0946. The van der Waals surface area contributed by atoms with E-state index < -0.39 is 0 Å². The summed E-state index contributed by atoms with van der Waals surface area (Å²) in [6.45, 7) is 2.84. The molecule has 0 saturated heterocycles. The van der Waals surface area contributed by atoms with Gasteiger partial charge in [0.25, 0.3) is 11.8 Å². The topological polar surface area (TPSA) is 58.2 Å². The molecule has 29 heavy (non-hydrogen) atoms. The normalized spacial score (nSPS) is 10.4. The first-order valence-electron chi connectivity index (χ1n) is 9.94. The van der Waals surface area contributed by atoms with Crippen molar-refractivity contribution in [3.05, 3.63) is 107 Å². The van der Waals surface area contributed by atoms with E-state index in [2.05, 4.69) is 22.8 Å². The maximum atomic E-state index is 12.8. The van der Waals surface area contributed by atoms with Gasteiger partial charge in [-0.3, -0.25) is 9.59 Å². The number of nitrogens with one attached hydrogen (secondary N) is 2. The molecular formula is C25H26N2O2. The minimum Gasteiger partial charge on any atom is -0.352 e. The molecule has 2 amide bonds. The molecule has 0 aromatic heterocycles. The molecule has 4 nitrogen and oxygen atoms in total. The Bertz CT molecular complexity index is 967. The van der Waals surface area contributed by atoms with Crippen LogP contribution < -0.4 is 10.6 Å². The van der Waals surface area contributed by atoms with Gasteiger partial charge in [0.05, 0.1) is 0 Å². The molecule has 0 aliphatic rings. The Morgan fingerprint density at radius 3 is 2.24 bits per heavy atom. The third kappa shape index (κ3) is 5.79. The Balaban J connectivity index is 1.64. The van der Waals surface area contributed by atoms with Crippen LogP contribution in [-0.4, -0.2) is 18.4 Å². The first-order valence-corrected chi connectivity index (χ1v) is 9.94. The van der Waals surface area contributed by atoms with E-state index in [0.29, 0.717) is 24.2 Å². The van der Waals surface area contributed by atoms with E-state index in [1.54, 1.807) is 6.07 Å². The van der Waals surface area contributed by atoms with Gasteiger partial charge in [0.15, 0.2) is 0 Å². The molecule has 3 aromatic carbocycles. The molecule has 0 unspecified atom stereocenters. The van der Waals surface area contributed by atoms with E-state index in [1.807, 2.05) is 67.6 Å². The molecule has 2 N–H and O–H groups in total. The molecule has 3 aromatic rings. The van der Waals surface area contributed by atoms with Crippen molar-refractivity contribution in [1.82, 2.24) is 10.6 Å². The predicted octanol–water partition coefficient (Wildman–Crippen LogP) is 4.15. The van der Waals surface area contributed by atoms with E-state index in [4.69, 9.17) is 0 Å². The van der Waals surface area contributed by atoms with Crippen LogP contribution in [0.25, 0.3) is 0 Å². The summed E-state index contributed by atoms with van der Waals surface area (Å²) in [5, 5.41) is 5.77. The average Bonchev–Trinajstić information content (AvgIpc) is 2.77. The van der Waals surface area contributed by atoms with Crippen molar-refractivity contribution < 1.29 is 9.59 Å². The van der Waals surface area contributed by atoms with Crippen LogP contribution in [0.5, 0.6) is 0 Å². The van der Waals surface area contributed by atoms with Crippen LogP contribution in [0.4, 0.5) is 0 Å². The van der Waals surface area contributed by atoms with E-state index >= 15 is 0 Å². The number of hydrogen-bond donors (Lipinski definition) is 2. The Labute approximate surface area is 172 Å². The molecular weight excluding hydrogens is 360 g/mol. The van der Waals surface area contributed by atoms with Crippen molar-refractivity contribution in [2.75, 3.05) is 6.54 Å². The number of carbonyl (C=O) groups is 2. The van der Waals surface area contributed by atoms with Crippen LogP contribution in [0.15, 0.2) is 78.9 Å². The van der Waals surface area contributed by atoms with Gasteiger partial charge in [-0.05, 0) is 54.7 Å². The Morgan fingerprint density at radius 1 is 0.724 bits per heavy atom. The van der Waals surface area contributed by atoms with Crippen molar-refractivity contribution >= 4 is 11.8 Å². The second-order valence-electron chi connectivity index (χ2n) is 6.89. The zero-order chi connectivity index (χ0) is 20.5. The second-order valence-corrected chi connectivity index (χ2v) is 6.89. The second kappa shape index (κ2) is 10.2. The molecule has 3 rings (SSSR count). The summed E-state index contributed by atoms with van der Waals surface area (Å²) in [4.78, 5) is 24.8. The van der Waals surface area contributed by atoms with E-state index in [1.165, 1.54) is 5.56 Å². The molecule has 0 saturated carbocycles. The van der Waals surface area contributed by atoms with Crippen LogP contribution in [0.1, 0.15) is 44.3 Å². The van der Waals surface area contributed by atoms with Crippen molar-refractivity contribution in [3.63, 3.8) is 0 Å². The fraction of sp³-hybridized carbons (Fsp3) is 0.200. The van der Waals surface area contributed by atoms with Crippen LogP contribution in [0, 0.1) is 0 Å². The highest BCUT2D eigenvalue weighted by atomic mass is 16.2. The van der Waals surface area contributed by atoms with Gasteiger partial charge < -0.3 is 10.6 Å². The maximum Gasteiger partial charge on any atom is 0.251 e. The number of aryl methyl sites for hydroxylation is 2. The van der Waals surface area contributed by atoms with Crippen molar-refractivity contribution in [3.8, 4) is 0 Å². The highest BCUT2D eigenvalue weighted by Gasteiger charge is 2.11. The SMILES string of the molecule is CCNC(=O)c1cccc(CNC(=O)c2ccccc2CCc2ccccc2)c1. The highest BCUT2D eigenvalue weighted by molar-refractivity contribution is 5.96. The van der Waals surface area contributed by atoms with Gasteiger partial charge in [-0.25, -0.2) is 0 Å². The van der Waals surface area contributed by atoms with Crippen LogP contribution in [0.3, 0.4) is 0 Å². The summed E-state index contributed by atoms with van der Waals surface area (Å²) in [6.07, 6.45) is 1.69. The Kier molecular flexibility index (Phi) is 7.17. The standard InChI is InChI=1S/C25H26N2O2/c1-2-26-24(28)22-13-8-11-20(17-22)18-27-25(29)23-14-7-6-12-21(23)16-15-19-9-4-3-5-10-19/h3-14,17H,2,15-16,18H2,1H3,(H,26,28)(H,27,29). The lowest BCUT2D eigenvalue weighted by Gasteiger charge is -2.11. The van der Waals surface area contributed by atoms with Gasteiger partial charge in [0.1, 0.15) is 0 Å². The lowest BCUT2D eigenvalue weighted by Crippen LogP contribution is -2.25. The number of benzene rings is 3. The molecule has 148 valence electrons. The smallest absolute Gasteiger partial charge is 0.251 e. The van der Waals surface area contributed by atoms with Gasteiger partial charge >= 0.3 is 0 Å². The quantitative estimate of drug-likeness (QED) is 0.611. The van der Waals surface area contributed by atoms with Crippen molar-refractivity contribution in [2.45, 2.75) is 26.3 Å². The molecule has 0 spiro atoms. The van der Waals surface area contributed by atoms with E-state index in [-0.39, 0.29) is 11.8 Å². The summed E-state index contributed by atoms with van der Waals surface area (Å²) in [5.74, 6) is -0.205. The molecule has 0 aliphatic heterocycles. The molecule has 4 heteroatoms. The predicted molar refractivity (Wildman–Crippen MR) is 116 cm³/mol. The summed E-state index contributed by atoms with van der Waals surface area (Å²) in [5.41, 5.74) is 4.48. The molecule has 0 aliphatic carbocycles. The van der Waals surface area contributed by atoms with Gasteiger partial charge in [0.2, 0.25) is 0 Å². The zero-order valence-electron chi connectivity index (χ0n) is 16.7. The fourth-order valence-electron chi connectivity index (χ4n) is 3.25. The molecule has 0 heterocycles. The van der Waals surface area contributed by atoms with E-state index in [9.17, 15) is 9.59 Å². The highest BCUT2D eigenvalue weighted by Crippen LogP contribution is 2.13. The summed E-state index contributed by atoms with van der Waals surface area (Å²) in [7, 11) is 0. The van der Waals surface area contributed by atoms with Crippen LogP contribution in [-0.2, 0) is 19.4 Å². The summed E-state index contributed by atoms with van der Waals surface area (Å²) in [6, 6.07) is 25.3.